The van der Waals surface area contributed by atoms with Gasteiger partial charge in [0.05, 0.1) is 12.3 Å². The smallest absolute Gasteiger partial charge is 0.355 e. The number of hydrogen-bond acceptors (Lipinski definition) is 3. The summed E-state index contributed by atoms with van der Waals surface area (Å²) in [5, 5.41) is 0. The number of pyridine rings is 1. The van der Waals surface area contributed by atoms with Crippen LogP contribution in [0.1, 0.15) is 35.1 Å². The maximum Gasteiger partial charge on any atom is 0.355 e. The second kappa shape index (κ2) is 4.87. The van der Waals surface area contributed by atoms with Crippen LogP contribution in [0, 0.1) is 6.92 Å². The number of aromatic nitrogens is 1. The normalized spacial score (nSPS) is 10.6. The van der Waals surface area contributed by atoms with Gasteiger partial charge in [-0.25, -0.2) is 13.6 Å². The molecule has 1 N–H and O–H groups in total. The van der Waals surface area contributed by atoms with Gasteiger partial charge in [0.25, 0.3) is 6.43 Å². The van der Waals surface area contributed by atoms with Crippen LogP contribution in [0.15, 0.2) is 10.9 Å². The third-order valence-electron chi connectivity index (χ3n) is 2.02. The summed E-state index contributed by atoms with van der Waals surface area (Å²) >= 11 is 0. The van der Waals surface area contributed by atoms with Crippen LogP contribution in [0.25, 0.3) is 0 Å². The lowest BCUT2D eigenvalue weighted by molar-refractivity contribution is 0.0516. The quantitative estimate of drug-likeness (QED) is 0.807. The first-order valence-electron chi connectivity index (χ1n) is 4.66. The molecule has 1 aromatic rings. The van der Waals surface area contributed by atoms with E-state index in [9.17, 15) is 18.4 Å². The van der Waals surface area contributed by atoms with E-state index in [1.807, 2.05) is 0 Å². The Labute approximate surface area is 90.2 Å². The third kappa shape index (κ3) is 2.44. The Morgan fingerprint density at radius 2 is 2.19 bits per heavy atom. The third-order valence-corrected chi connectivity index (χ3v) is 2.02. The fourth-order valence-electron chi connectivity index (χ4n) is 1.17. The zero-order valence-corrected chi connectivity index (χ0v) is 8.84. The van der Waals surface area contributed by atoms with Gasteiger partial charge in [-0.2, -0.15) is 0 Å². The van der Waals surface area contributed by atoms with Gasteiger partial charge in [-0.05, 0) is 13.8 Å². The number of aromatic amines is 1. The number of alkyl halides is 2. The van der Waals surface area contributed by atoms with Gasteiger partial charge in [-0.1, -0.05) is 0 Å². The highest BCUT2D eigenvalue weighted by molar-refractivity contribution is 5.88. The van der Waals surface area contributed by atoms with E-state index in [0.717, 1.165) is 6.07 Å². The van der Waals surface area contributed by atoms with Gasteiger partial charge in [-0.3, -0.25) is 4.79 Å². The van der Waals surface area contributed by atoms with Crippen molar-refractivity contribution in [3.63, 3.8) is 0 Å². The van der Waals surface area contributed by atoms with Crippen LogP contribution in [0.5, 0.6) is 0 Å². The Kier molecular flexibility index (Phi) is 3.76. The molecule has 0 saturated heterocycles. The van der Waals surface area contributed by atoms with Crippen LogP contribution in [-0.4, -0.2) is 17.6 Å². The molecule has 0 saturated carbocycles. The minimum atomic E-state index is -2.83. The molecule has 0 aliphatic heterocycles. The largest absolute Gasteiger partial charge is 0.461 e. The van der Waals surface area contributed by atoms with Crippen molar-refractivity contribution in [2.75, 3.05) is 6.61 Å². The highest BCUT2D eigenvalue weighted by atomic mass is 19.3. The van der Waals surface area contributed by atoms with Crippen molar-refractivity contribution in [3.8, 4) is 0 Å². The van der Waals surface area contributed by atoms with Gasteiger partial charge < -0.3 is 9.72 Å². The van der Waals surface area contributed by atoms with Crippen molar-refractivity contribution in [1.29, 1.82) is 0 Å². The molecule has 0 amide bonds. The van der Waals surface area contributed by atoms with Crippen molar-refractivity contribution in [3.05, 3.63) is 33.2 Å². The Bertz CT molecular complexity index is 454. The second-order valence-electron chi connectivity index (χ2n) is 3.11. The topological polar surface area (TPSA) is 59.2 Å². The van der Waals surface area contributed by atoms with E-state index >= 15 is 0 Å². The summed E-state index contributed by atoms with van der Waals surface area (Å²) in [5.74, 6) is -0.806. The summed E-state index contributed by atoms with van der Waals surface area (Å²) in [6, 6.07) is 0.780. The number of H-pyrrole nitrogens is 1. The molecule has 0 aliphatic carbocycles. The Balaban J connectivity index is 3.27. The Morgan fingerprint density at radius 1 is 1.56 bits per heavy atom. The molecule has 0 bridgehead atoms. The second-order valence-corrected chi connectivity index (χ2v) is 3.11. The summed E-state index contributed by atoms with van der Waals surface area (Å²) < 4.78 is 29.4. The zero-order chi connectivity index (χ0) is 12.3. The molecule has 0 radical (unpaired) electrons. The van der Waals surface area contributed by atoms with E-state index in [0.29, 0.717) is 0 Å². The summed E-state index contributed by atoms with van der Waals surface area (Å²) in [6.45, 7) is 3.07. The number of rotatable bonds is 3. The molecule has 88 valence electrons. The molecule has 0 aromatic carbocycles. The Morgan fingerprint density at radius 3 is 2.69 bits per heavy atom. The molecule has 0 unspecified atom stereocenters. The van der Waals surface area contributed by atoms with Crippen LogP contribution in [0.2, 0.25) is 0 Å². The maximum atomic E-state index is 12.4. The minimum absolute atomic E-state index is 0.0721. The van der Waals surface area contributed by atoms with Gasteiger partial charge >= 0.3 is 5.97 Å². The summed E-state index contributed by atoms with van der Waals surface area (Å²) in [7, 11) is 0. The predicted molar refractivity (Wildman–Crippen MR) is 52.7 cm³/mol. The van der Waals surface area contributed by atoms with Crippen LogP contribution < -0.4 is 5.43 Å². The summed E-state index contributed by atoms with van der Waals surface area (Å²) in [5.41, 5.74) is -1.34. The molecule has 1 aromatic heterocycles. The van der Waals surface area contributed by atoms with Crippen molar-refractivity contribution >= 4 is 5.97 Å². The van der Waals surface area contributed by atoms with Gasteiger partial charge in [-0.15, -0.1) is 0 Å². The number of halogens is 2. The first kappa shape index (κ1) is 12.4. The average Bonchev–Trinajstić information content (AvgIpc) is 2.21. The molecular formula is C10H11F2NO3. The van der Waals surface area contributed by atoms with Gasteiger partial charge in [0.1, 0.15) is 5.69 Å². The molecule has 0 atom stereocenters. The first-order chi connectivity index (χ1) is 7.47. The van der Waals surface area contributed by atoms with E-state index in [4.69, 9.17) is 0 Å². The highest BCUT2D eigenvalue weighted by Crippen LogP contribution is 2.16. The van der Waals surface area contributed by atoms with Crippen molar-refractivity contribution in [2.24, 2.45) is 0 Å². The average molecular weight is 231 g/mol. The van der Waals surface area contributed by atoms with Crippen molar-refractivity contribution in [1.82, 2.24) is 4.98 Å². The number of carbonyl (C=O) groups excluding carboxylic acids is 1. The summed E-state index contributed by atoms with van der Waals surface area (Å²) in [6.07, 6.45) is -2.83. The Hall–Kier alpha value is -1.72. The van der Waals surface area contributed by atoms with Crippen molar-refractivity contribution < 1.29 is 18.3 Å². The number of nitrogens with one attached hydrogen (secondary N) is 1. The molecule has 0 spiro atoms. The number of hydrogen-bond donors (Lipinski definition) is 1. The molecular weight excluding hydrogens is 220 g/mol. The molecule has 1 heterocycles. The van der Waals surface area contributed by atoms with E-state index in [1.54, 1.807) is 6.92 Å². The van der Waals surface area contributed by atoms with Crippen LogP contribution in [0.3, 0.4) is 0 Å². The van der Waals surface area contributed by atoms with E-state index < -0.39 is 23.5 Å². The van der Waals surface area contributed by atoms with Gasteiger partial charge in [0.15, 0.2) is 5.43 Å². The fourth-order valence-corrected chi connectivity index (χ4v) is 1.17. The first-order valence-corrected chi connectivity index (χ1v) is 4.66. The molecule has 1 rings (SSSR count). The molecule has 4 nitrogen and oxygen atoms in total. The number of carbonyl (C=O) groups is 1. The van der Waals surface area contributed by atoms with E-state index in [2.05, 4.69) is 9.72 Å². The fraction of sp³-hybridized carbons (Fsp3) is 0.400. The standard InChI is InChI=1S/C10H11F2NO3/c1-3-16-10(15)8-5(2)7(14)4-6(13-8)9(11)12/h4,9H,3H2,1-2H3,(H,13,14). The number of esters is 1. The summed E-state index contributed by atoms with van der Waals surface area (Å²) in [4.78, 5) is 24.9. The van der Waals surface area contributed by atoms with Gasteiger partial charge in [0, 0.05) is 11.6 Å². The lowest BCUT2D eigenvalue weighted by Crippen LogP contribution is -2.18. The monoisotopic (exact) mass is 231 g/mol. The highest BCUT2D eigenvalue weighted by Gasteiger charge is 2.17. The molecule has 16 heavy (non-hydrogen) atoms. The van der Waals surface area contributed by atoms with E-state index in [-0.39, 0.29) is 17.9 Å². The minimum Gasteiger partial charge on any atom is -0.461 e. The lowest BCUT2D eigenvalue weighted by atomic mass is 10.2. The zero-order valence-electron chi connectivity index (χ0n) is 8.84. The van der Waals surface area contributed by atoms with Gasteiger partial charge in [0.2, 0.25) is 0 Å². The molecule has 6 heteroatoms. The lowest BCUT2D eigenvalue weighted by Gasteiger charge is -2.07. The van der Waals surface area contributed by atoms with Crippen LogP contribution in [0.4, 0.5) is 8.78 Å². The van der Waals surface area contributed by atoms with Crippen molar-refractivity contribution in [2.45, 2.75) is 20.3 Å². The maximum absolute atomic E-state index is 12.4. The predicted octanol–water partition coefficient (Wildman–Crippen LogP) is 1.80. The molecule has 0 aliphatic rings. The van der Waals surface area contributed by atoms with Crippen LogP contribution >= 0.6 is 0 Å². The SMILES string of the molecule is CCOC(=O)c1[nH]c(C(F)F)cc(=O)c1C. The van der Waals surface area contributed by atoms with E-state index in [1.165, 1.54) is 6.92 Å². The number of ether oxygens (including phenoxy) is 1. The molecule has 0 fully saturated rings. The van der Waals surface area contributed by atoms with Crippen LogP contribution in [-0.2, 0) is 4.74 Å².